The fraction of sp³-hybridized carbons (Fsp3) is 0.250. The van der Waals surface area contributed by atoms with E-state index in [4.69, 9.17) is 27.9 Å². The predicted octanol–water partition coefficient (Wildman–Crippen LogP) is 5.14. The molecule has 1 aliphatic rings. The number of thioether (sulfide) groups is 1. The summed E-state index contributed by atoms with van der Waals surface area (Å²) >= 11 is 13.2. The highest BCUT2D eigenvalue weighted by Crippen LogP contribution is 2.39. The number of para-hydroxylation sites is 1. The van der Waals surface area contributed by atoms with Gasteiger partial charge in [0.25, 0.3) is 5.69 Å². The van der Waals surface area contributed by atoms with E-state index in [-0.39, 0.29) is 34.8 Å². The predicted molar refractivity (Wildman–Crippen MR) is 122 cm³/mol. The van der Waals surface area contributed by atoms with Crippen LogP contribution >= 0.6 is 35.0 Å². The SMILES string of the molecule is O=C(CSc1nnc(COc2ccccc2Cl)n1C1CC1)Nc1ccc(Cl)cc1[N+](=O)[O-]. The van der Waals surface area contributed by atoms with Gasteiger partial charge in [-0.25, -0.2) is 0 Å². The minimum Gasteiger partial charge on any atom is -0.484 e. The van der Waals surface area contributed by atoms with E-state index >= 15 is 0 Å². The second-order valence-electron chi connectivity index (χ2n) is 6.97. The molecule has 1 saturated carbocycles. The molecule has 0 radical (unpaired) electrons. The van der Waals surface area contributed by atoms with Crippen LogP contribution in [-0.2, 0) is 11.4 Å². The zero-order valence-corrected chi connectivity index (χ0v) is 18.9. The molecule has 1 amide bonds. The van der Waals surface area contributed by atoms with E-state index in [1.807, 2.05) is 16.7 Å². The third kappa shape index (κ3) is 5.32. The van der Waals surface area contributed by atoms with Gasteiger partial charge in [0.15, 0.2) is 11.0 Å². The second-order valence-corrected chi connectivity index (χ2v) is 8.76. The van der Waals surface area contributed by atoms with Gasteiger partial charge < -0.3 is 10.1 Å². The van der Waals surface area contributed by atoms with Crippen LogP contribution in [-0.4, -0.2) is 31.3 Å². The van der Waals surface area contributed by atoms with Crippen molar-refractivity contribution in [2.75, 3.05) is 11.1 Å². The van der Waals surface area contributed by atoms with Crippen LogP contribution in [0.15, 0.2) is 47.6 Å². The minimum absolute atomic E-state index is 0.00993. The average Bonchev–Trinajstić information content (AvgIpc) is 3.52. The molecule has 1 aliphatic carbocycles. The number of hydrogen-bond acceptors (Lipinski definition) is 7. The molecular formula is C20H17Cl2N5O4S. The third-order valence-corrected chi connectivity index (χ3v) is 6.09. The Morgan fingerprint density at radius 1 is 1.25 bits per heavy atom. The molecule has 1 aromatic heterocycles. The fourth-order valence-electron chi connectivity index (χ4n) is 2.99. The van der Waals surface area contributed by atoms with Crippen LogP contribution in [0.4, 0.5) is 11.4 Å². The smallest absolute Gasteiger partial charge is 0.294 e. The second kappa shape index (κ2) is 9.76. The fourth-order valence-corrected chi connectivity index (χ4v) is 4.17. The maximum atomic E-state index is 12.4. The maximum Gasteiger partial charge on any atom is 0.294 e. The highest BCUT2D eigenvalue weighted by Gasteiger charge is 2.30. The standard InChI is InChI=1S/C20H17Cl2N5O4S/c21-12-5-8-15(16(9-12)27(29)30)23-19(28)11-32-20-25-24-18(26(20)13-6-7-13)10-31-17-4-2-1-3-14(17)22/h1-5,8-9,13H,6-7,10-11H2,(H,23,28). The van der Waals surface area contributed by atoms with Crippen LogP contribution in [0.2, 0.25) is 10.0 Å². The van der Waals surface area contributed by atoms with Crippen LogP contribution in [0, 0.1) is 10.1 Å². The van der Waals surface area contributed by atoms with Gasteiger partial charge in [-0.15, -0.1) is 10.2 Å². The molecule has 32 heavy (non-hydrogen) atoms. The first kappa shape index (κ1) is 22.4. The molecule has 4 rings (SSSR count). The van der Waals surface area contributed by atoms with Crippen molar-refractivity contribution in [2.24, 2.45) is 0 Å². The number of benzene rings is 2. The van der Waals surface area contributed by atoms with Gasteiger partial charge in [0.05, 0.1) is 15.7 Å². The Balaban J connectivity index is 1.41. The zero-order valence-electron chi connectivity index (χ0n) is 16.5. The van der Waals surface area contributed by atoms with Gasteiger partial charge in [-0.1, -0.05) is 47.1 Å². The van der Waals surface area contributed by atoms with Crippen molar-refractivity contribution in [1.82, 2.24) is 14.8 Å². The molecule has 12 heteroatoms. The zero-order chi connectivity index (χ0) is 22.7. The lowest BCUT2D eigenvalue weighted by Gasteiger charge is -2.11. The van der Waals surface area contributed by atoms with Crippen LogP contribution in [0.1, 0.15) is 24.7 Å². The first-order valence-electron chi connectivity index (χ1n) is 9.60. The van der Waals surface area contributed by atoms with Gasteiger partial charge in [-0.05, 0) is 37.1 Å². The summed E-state index contributed by atoms with van der Waals surface area (Å²) < 4.78 is 7.76. The lowest BCUT2D eigenvalue weighted by molar-refractivity contribution is -0.383. The van der Waals surface area contributed by atoms with Gasteiger partial charge in [0, 0.05) is 17.1 Å². The number of ether oxygens (including phenoxy) is 1. The molecule has 1 fully saturated rings. The van der Waals surface area contributed by atoms with Crippen molar-refractivity contribution in [2.45, 2.75) is 30.6 Å². The van der Waals surface area contributed by atoms with Gasteiger partial charge in [0.1, 0.15) is 18.0 Å². The number of nitrogens with zero attached hydrogens (tertiary/aromatic N) is 4. The summed E-state index contributed by atoms with van der Waals surface area (Å²) in [5.41, 5.74) is -0.182. The first-order chi connectivity index (χ1) is 15.4. The molecule has 1 heterocycles. The number of rotatable bonds is 9. The van der Waals surface area contributed by atoms with E-state index in [0.717, 1.165) is 12.8 Å². The molecule has 0 saturated heterocycles. The topological polar surface area (TPSA) is 112 Å². The van der Waals surface area contributed by atoms with E-state index in [9.17, 15) is 14.9 Å². The van der Waals surface area contributed by atoms with Gasteiger partial charge in [-0.3, -0.25) is 19.5 Å². The van der Waals surface area contributed by atoms with Crippen molar-refractivity contribution in [1.29, 1.82) is 0 Å². The first-order valence-corrected chi connectivity index (χ1v) is 11.3. The maximum absolute atomic E-state index is 12.4. The summed E-state index contributed by atoms with van der Waals surface area (Å²) in [6, 6.07) is 11.5. The number of amides is 1. The van der Waals surface area contributed by atoms with Crippen LogP contribution in [0.25, 0.3) is 0 Å². The Hall–Kier alpha value is -2.82. The Bertz CT molecular complexity index is 1170. The molecule has 9 nitrogen and oxygen atoms in total. The van der Waals surface area contributed by atoms with Crippen molar-refractivity contribution in [3.63, 3.8) is 0 Å². The molecule has 0 spiro atoms. The largest absolute Gasteiger partial charge is 0.484 e. The quantitative estimate of drug-likeness (QED) is 0.249. The number of nitro groups is 1. The Morgan fingerprint density at radius 3 is 2.75 bits per heavy atom. The number of nitro benzene ring substituents is 1. The molecule has 0 bridgehead atoms. The molecule has 1 N–H and O–H groups in total. The molecule has 0 atom stereocenters. The van der Waals surface area contributed by atoms with Crippen LogP contribution in [0.3, 0.4) is 0 Å². The van der Waals surface area contributed by atoms with E-state index in [1.54, 1.807) is 12.1 Å². The lowest BCUT2D eigenvalue weighted by atomic mass is 10.2. The summed E-state index contributed by atoms with van der Waals surface area (Å²) in [5.74, 6) is 0.802. The summed E-state index contributed by atoms with van der Waals surface area (Å²) in [6.45, 7) is 0.191. The van der Waals surface area contributed by atoms with Gasteiger partial charge in [0.2, 0.25) is 5.91 Å². The molecule has 0 aliphatic heterocycles. The monoisotopic (exact) mass is 493 g/mol. The van der Waals surface area contributed by atoms with Crippen molar-refractivity contribution in [3.8, 4) is 5.75 Å². The Kier molecular flexibility index (Phi) is 6.83. The summed E-state index contributed by atoms with van der Waals surface area (Å²) in [5, 5.41) is 23.5. The van der Waals surface area contributed by atoms with Crippen LogP contribution < -0.4 is 10.1 Å². The van der Waals surface area contributed by atoms with Crippen LogP contribution in [0.5, 0.6) is 5.75 Å². The lowest BCUT2D eigenvalue weighted by Crippen LogP contribution is -2.16. The number of hydrogen-bond donors (Lipinski definition) is 1. The van der Waals surface area contributed by atoms with E-state index < -0.39 is 10.8 Å². The molecule has 166 valence electrons. The highest BCUT2D eigenvalue weighted by molar-refractivity contribution is 7.99. The number of aromatic nitrogens is 3. The summed E-state index contributed by atoms with van der Waals surface area (Å²) in [6.07, 6.45) is 1.99. The van der Waals surface area contributed by atoms with Gasteiger partial charge in [-0.2, -0.15) is 0 Å². The summed E-state index contributed by atoms with van der Waals surface area (Å²) in [7, 11) is 0. The summed E-state index contributed by atoms with van der Waals surface area (Å²) in [4.78, 5) is 23.0. The van der Waals surface area contributed by atoms with E-state index in [0.29, 0.717) is 21.8 Å². The van der Waals surface area contributed by atoms with Crippen molar-refractivity contribution in [3.05, 3.63) is 68.4 Å². The Labute approximate surface area is 197 Å². The molecular weight excluding hydrogens is 477 g/mol. The molecule has 0 unspecified atom stereocenters. The van der Waals surface area contributed by atoms with E-state index in [2.05, 4.69) is 15.5 Å². The molecule has 3 aromatic rings. The van der Waals surface area contributed by atoms with Crippen molar-refractivity contribution >= 4 is 52.2 Å². The number of carbonyl (C=O) groups excluding carboxylic acids is 1. The normalized spacial score (nSPS) is 13.1. The number of nitrogens with one attached hydrogen (secondary N) is 1. The molecule has 2 aromatic carbocycles. The van der Waals surface area contributed by atoms with Crippen molar-refractivity contribution < 1.29 is 14.5 Å². The van der Waals surface area contributed by atoms with Gasteiger partial charge >= 0.3 is 0 Å². The third-order valence-electron chi connectivity index (χ3n) is 4.60. The highest BCUT2D eigenvalue weighted by atomic mass is 35.5. The average molecular weight is 494 g/mol. The van der Waals surface area contributed by atoms with E-state index in [1.165, 1.54) is 30.0 Å². The Morgan fingerprint density at radius 2 is 2.03 bits per heavy atom. The number of anilines is 1. The minimum atomic E-state index is -0.594. The number of halogens is 2. The number of carbonyl (C=O) groups is 1.